The van der Waals surface area contributed by atoms with E-state index in [0.29, 0.717) is 11.6 Å². The van der Waals surface area contributed by atoms with E-state index >= 15 is 0 Å². The molecule has 0 saturated carbocycles. The summed E-state index contributed by atoms with van der Waals surface area (Å²) in [5, 5.41) is 10.2. The number of benzene rings is 1. The zero-order chi connectivity index (χ0) is 16.9. The zero-order valence-electron chi connectivity index (χ0n) is 13.4. The van der Waals surface area contributed by atoms with Gasteiger partial charge in [-0.25, -0.2) is 0 Å². The van der Waals surface area contributed by atoms with E-state index in [9.17, 15) is 4.79 Å². The molecule has 2 heterocycles. The molecule has 0 aliphatic heterocycles. The fourth-order valence-corrected chi connectivity index (χ4v) is 2.82. The standard InChI is InChI=1S/C17H17N3O3S/c1-11-8-16(23-19-11)18-17(21)12(2)24-10-14-9-15(22-20-14)13-6-4-3-5-7-13/h3-9,12H,10H2,1-2H3,(H,18,21)/t12-/m1/s1. The third-order valence-electron chi connectivity index (χ3n) is 3.34. The molecule has 2 aromatic heterocycles. The molecule has 3 aromatic rings. The van der Waals surface area contributed by atoms with E-state index < -0.39 is 0 Å². The number of hydrogen-bond acceptors (Lipinski definition) is 6. The highest BCUT2D eigenvalue weighted by Gasteiger charge is 2.16. The second kappa shape index (κ2) is 7.35. The molecule has 124 valence electrons. The van der Waals surface area contributed by atoms with Gasteiger partial charge in [-0.05, 0) is 13.8 Å². The highest BCUT2D eigenvalue weighted by atomic mass is 32.2. The van der Waals surface area contributed by atoms with Crippen LogP contribution >= 0.6 is 11.8 Å². The number of rotatable bonds is 6. The highest BCUT2D eigenvalue weighted by Crippen LogP contribution is 2.24. The number of aromatic nitrogens is 2. The lowest BCUT2D eigenvalue weighted by Crippen LogP contribution is -2.22. The molecular formula is C17H17N3O3S. The Morgan fingerprint density at radius 3 is 2.71 bits per heavy atom. The van der Waals surface area contributed by atoms with Crippen LogP contribution in [0, 0.1) is 6.92 Å². The van der Waals surface area contributed by atoms with Gasteiger partial charge in [-0.2, -0.15) is 0 Å². The predicted octanol–water partition coefficient (Wildman–Crippen LogP) is 3.90. The van der Waals surface area contributed by atoms with E-state index in [2.05, 4.69) is 15.6 Å². The SMILES string of the molecule is Cc1cc(NC(=O)[C@@H](C)SCc2cc(-c3ccccc3)on2)on1. The average Bonchev–Trinajstić information content (AvgIpc) is 3.22. The molecule has 3 rings (SSSR count). The summed E-state index contributed by atoms with van der Waals surface area (Å²) in [7, 11) is 0. The van der Waals surface area contributed by atoms with E-state index in [1.807, 2.05) is 43.3 Å². The Morgan fingerprint density at radius 1 is 1.21 bits per heavy atom. The van der Waals surface area contributed by atoms with E-state index in [1.54, 1.807) is 13.0 Å². The Morgan fingerprint density at radius 2 is 2.00 bits per heavy atom. The molecule has 24 heavy (non-hydrogen) atoms. The third-order valence-corrected chi connectivity index (χ3v) is 4.52. The molecule has 0 radical (unpaired) electrons. The number of nitrogens with zero attached hydrogens (tertiary/aromatic N) is 2. The Kier molecular flexibility index (Phi) is 5.00. The lowest BCUT2D eigenvalue weighted by Gasteiger charge is -2.08. The molecule has 0 saturated heterocycles. The van der Waals surface area contributed by atoms with Crippen LogP contribution in [-0.2, 0) is 10.5 Å². The van der Waals surface area contributed by atoms with Crippen LogP contribution in [0.2, 0.25) is 0 Å². The number of amides is 1. The average molecular weight is 343 g/mol. The second-order valence-corrected chi connectivity index (χ2v) is 6.65. The van der Waals surface area contributed by atoms with Crippen LogP contribution in [0.3, 0.4) is 0 Å². The highest BCUT2D eigenvalue weighted by molar-refractivity contribution is 7.99. The van der Waals surface area contributed by atoms with Crippen LogP contribution in [0.25, 0.3) is 11.3 Å². The molecule has 1 aromatic carbocycles. The lowest BCUT2D eigenvalue weighted by atomic mass is 10.2. The molecular weight excluding hydrogens is 326 g/mol. The minimum atomic E-state index is -0.257. The first-order valence-corrected chi connectivity index (χ1v) is 8.53. The predicted molar refractivity (Wildman–Crippen MR) is 92.6 cm³/mol. The van der Waals surface area contributed by atoms with Crippen molar-refractivity contribution < 1.29 is 13.8 Å². The van der Waals surface area contributed by atoms with Gasteiger partial charge in [-0.3, -0.25) is 10.1 Å². The monoisotopic (exact) mass is 343 g/mol. The smallest absolute Gasteiger partial charge is 0.239 e. The largest absolute Gasteiger partial charge is 0.356 e. The fraction of sp³-hybridized carbons (Fsp3) is 0.235. The van der Waals surface area contributed by atoms with Gasteiger partial charge in [0.25, 0.3) is 0 Å². The molecule has 6 nitrogen and oxygen atoms in total. The molecule has 1 amide bonds. The van der Waals surface area contributed by atoms with Crippen LogP contribution in [0.1, 0.15) is 18.3 Å². The van der Waals surface area contributed by atoms with Gasteiger partial charge in [-0.15, -0.1) is 11.8 Å². The first-order valence-electron chi connectivity index (χ1n) is 7.48. The number of aryl methyl sites for hydroxylation is 1. The van der Waals surface area contributed by atoms with Gasteiger partial charge in [-0.1, -0.05) is 40.6 Å². The van der Waals surface area contributed by atoms with Crippen LogP contribution in [0.4, 0.5) is 5.88 Å². The van der Waals surface area contributed by atoms with Gasteiger partial charge in [0.05, 0.1) is 16.6 Å². The summed E-state index contributed by atoms with van der Waals surface area (Å²) >= 11 is 1.48. The summed E-state index contributed by atoms with van der Waals surface area (Å²) in [5.74, 6) is 1.53. The lowest BCUT2D eigenvalue weighted by molar-refractivity contribution is -0.115. The van der Waals surface area contributed by atoms with Crippen molar-refractivity contribution in [2.45, 2.75) is 24.9 Å². The van der Waals surface area contributed by atoms with E-state index in [1.165, 1.54) is 11.8 Å². The van der Waals surface area contributed by atoms with E-state index in [4.69, 9.17) is 9.05 Å². The molecule has 0 aliphatic rings. The van der Waals surface area contributed by atoms with Crippen molar-refractivity contribution in [3.05, 3.63) is 53.9 Å². The number of hydrogen-bond donors (Lipinski definition) is 1. The van der Waals surface area contributed by atoms with Crippen molar-refractivity contribution in [2.75, 3.05) is 5.32 Å². The molecule has 0 fully saturated rings. The van der Waals surface area contributed by atoms with E-state index in [-0.39, 0.29) is 11.2 Å². The Balaban J connectivity index is 1.53. The van der Waals surface area contributed by atoms with Gasteiger partial charge >= 0.3 is 0 Å². The van der Waals surface area contributed by atoms with Crippen LogP contribution < -0.4 is 5.32 Å². The zero-order valence-corrected chi connectivity index (χ0v) is 14.2. The summed E-state index contributed by atoms with van der Waals surface area (Å²) in [6.07, 6.45) is 0. The van der Waals surface area contributed by atoms with Crippen molar-refractivity contribution >= 4 is 23.6 Å². The maximum atomic E-state index is 12.1. The quantitative estimate of drug-likeness (QED) is 0.731. The molecule has 1 N–H and O–H groups in total. The summed E-state index contributed by atoms with van der Waals surface area (Å²) in [5.41, 5.74) is 2.50. The summed E-state index contributed by atoms with van der Waals surface area (Å²) in [6, 6.07) is 13.4. The summed E-state index contributed by atoms with van der Waals surface area (Å²) in [4.78, 5) is 12.1. The first kappa shape index (κ1) is 16.3. The molecule has 0 bridgehead atoms. The van der Waals surface area contributed by atoms with Crippen molar-refractivity contribution in [3.63, 3.8) is 0 Å². The number of thioether (sulfide) groups is 1. The second-order valence-electron chi connectivity index (χ2n) is 5.32. The minimum Gasteiger partial charge on any atom is -0.356 e. The number of carbonyl (C=O) groups is 1. The number of nitrogens with one attached hydrogen (secondary N) is 1. The third kappa shape index (κ3) is 4.05. The maximum Gasteiger partial charge on any atom is 0.239 e. The summed E-state index contributed by atoms with van der Waals surface area (Å²) < 4.78 is 10.3. The normalized spacial score (nSPS) is 12.1. The molecule has 7 heteroatoms. The molecule has 1 atom stereocenters. The topological polar surface area (TPSA) is 81.2 Å². The van der Waals surface area contributed by atoms with Crippen molar-refractivity contribution in [2.24, 2.45) is 0 Å². The van der Waals surface area contributed by atoms with Crippen molar-refractivity contribution in [1.82, 2.24) is 10.3 Å². The van der Waals surface area contributed by atoms with Gasteiger partial charge in [0.15, 0.2) is 5.76 Å². The Labute approximate surface area is 143 Å². The van der Waals surface area contributed by atoms with Gasteiger partial charge in [0, 0.05) is 23.4 Å². The van der Waals surface area contributed by atoms with Gasteiger partial charge in [0.2, 0.25) is 11.8 Å². The Bertz CT molecular complexity index is 813. The summed E-state index contributed by atoms with van der Waals surface area (Å²) in [6.45, 7) is 3.63. The fourth-order valence-electron chi connectivity index (χ4n) is 2.05. The molecule has 0 unspecified atom stereocenters. The molecule has 0 spiro atoms. The molecule has 0 aliphatic carbocycles. The van der Waals surface area contributed by atoms with Crippen molar-refractivity contribution in [1.29, 1.82) is 0 Å². The van der Waals surface area contributed by atoms with Crippen LogP contribution in [0.5, 0.6) is 0 Å². The first-order chi connectivity index (χ1) is 11.6. The van der Waals surface area contributed by atoms with Crippen molar-refractivity contribution in [3.8, 4) is 11.3 Å². The maximum absolute atomic E-state index is 12.1. The minimum absolute atomic E-state index is 0.136. The van der Waals surface area contributed by atoms with Crippen LogP contribution in [0.15, 0.2) is 51.5 Å². The van der Waals surface area contributed by atoms with E-state index in [0.717, 1.165) is 22.7 Å². The Hall–Kier alpha value is -2.54. The van der Waals surface area contributed by atoms with Gasteiger partial charge in [0.1, 0.15) is 0 Å². The van der Waals surface area contributed by atoms with Gasteiger partial charge < -0.3 is 9.05 Å². The number of anilines is 1. The number of carbonyl (C=O) groups excluding carboxylic acids is 1. The van der Waals surface area contributed by atoms with Crippen LogP contribution in [-0.4, -0.2) is 21.5 Å².